The summed E-state index contributed by atoms with van der Waals surface area (Å²) in [4.78, 5) is 16.1. The van der Waals surface area contributed by atoms with Crippen LogP contribution >= 0.6 is 11.7 Å². The Morgan fingerprint density at radius 1 is 1.00 bits per heavy atom. The third-order valence-electron chi connectivity index (χ3n) is 6.10. The van der Waals surface area contributed by atoms with E-state index in [1.807, 2.05) is 38.1 Å². The largest absolute Gasteiger partial charge is 0.497 e. The lowest BCUT2D eigenvalue weighted by molar-refractivity contribution is 0.398. The first kappa shape index (κ1) is 24.1. The zero-order chi connectivity index (χ0) is 25.4. The molecule has 0 bridgehead atoms. The van der Waals surface area contributed by atoms with E-state index in [1.54, 1.807) is 37.4 Å². The summed E-state index contributed by atoms with van der Waals surface area (Å²) in [6.45, 7) is 3.87. The van der Waals surface area contributed by atoms with Crippen molar-refractivity contribution in [1.29, 1.82) is 0 Å². The van der Waals surface area contributed by atoms with Crippen molar-refractivity contribution >= 4 is 43.7 Å². The second-order valence-corrected chi connectivity index (χ2v) is 11.1. The van der Waals surface area contributed by atoms with Crippen molar-refractivity contribution in [1.82, 2.24) is 18.0 Å². The van der Waals surface area contributed by atoms with Crippen molar-refractivity contribution in [2.45, 2.75) is 31.8 Å². The van der Waals surface area contributed by atoms with Crippen molar-refractivity contribution in [2.24, 2.45) is 0 Å². The predicted octanol–water partition coefficient (Wildman–Crippen LogP) is 4.55. The molecule has 0 atom stereocenters. The number of hydrogen-bond acceptors (Lipinski definition) is 7. The van der Waals surface area contributed by atoms with Crippen LogP contribution in [0.15, 0.2) is 70.4 Å². The number of aromatic nitrogens is 3. The Morgan fingerprint density at radius 3 is 2.53 bits per heavy atom. The number of methoxy groups -OCH3 is 1. The van der Waals surface area contributed by atoms with Crippen LogP contribution < -0.4 is 10.3 Å². The summed E-state index contributed by atoms with van der Waals surface area (Å²) in [7, 11) is -2.47. The van der Waals surface area contributed by atoms with Gasteiger partial charge in [-0.25, -0.2) is 8.42 Å². The Hall–Kier alpha value is -3.60. The van der Waals surface area contributed by atoms with Gasteiger partial charge in [0, 0.05) is 18.7 Å². The number of fused-ring (bicyclic) bond motifs is 2. The van der Waals surface area contributed by atoms with Crippen molar-refractivity contribution in [3.05, 3.63) is 93.3 Å². The molecule has 0 aliphatic rings. The Balaban J connectivity index is 1.62. The Morgan fingerprint density at radius 2 is 1.78 bits per heavy atom. The summed E-state index contributed by atoms with van der Waals surface area (Å²) in [5.74, 6) is 0.670. The fourth-order valence-corrected chi connectivity index (χ4v) is 6.49. The number of rotatable bonds is 7. The van der Waals surface area contributed by atoms with E-state index in [2.05, 4.69) is 13.7 Å². The Labute approximate surface area is 212 Å². The first-order valence-corrected chi connectivity index (χ1v) is 13.4. The molecule has 5 aromatic rings. The maximum absolute atomic E-state index is 14.0. The third-order valence-corrected chi connectivity index (χ3v) is 8.47. The molecule has 2 heterocycles. The number of sulfonamides is 1. The molecule has 0 unspecified atom stereocenters. The molecule has 0 aliphatic heterocycles. The van der Waals surface area contributed by atoms with E-state index in [-0.39, 0.29) is 23.5 Å². The van der Waals surface area contributed by atoms with E-state index in [0.29, 0.717) is 22.3 Å². The second kappa shape index (κ2) is 9.45. The summed E-state index contributed by atoms with van der Waals surface area (Å²) in [6, 6.07) is 17.8. The van der Waals surface area contributed by atoms with Gasteiger partial charge in [-0.2, -0.15) is 13.1 Å². The van der Waals surface area contributed by atoms with Crippen LogP contribution in [0.25, 0.3) is 21.9 Å². The molecule has 0 amide bonds. The van der Waals surface area contributed by atoms with Gasteiger partial charge in [0.15, 0.2) is 0 Å². The van der Waals surface area contributed by atoms with Crippen LogP contribution in [0, 0.1) is 13.8 Å². The van der Waals surface area contributed by atoms with Gasteiger partial charge in [0.1, 0.15) is 21.7 Å². The minimum Gasteiger partial charge on any atom is -0.497 e. The van der Waals surface area contributed by atoms with E-state index in [9.17, 15) is 13.2 Å². The molecule has 0 spiro atoms. The van der Waals surface area contributed by atoms with Crippen molar-refractivity contribution in [2.75, 3.05) is 7.11 Å². The third kappa shape index (κ3) is 4.50. The topological polar surface area (TPSA) is 105 Å². The lowest BCUT2D eigenvalue weighted by Crippen LogP contribution is -2.32. The molecule has 0 fully saturated rings. The van der Waals surface area contributed by atoms with E-state index in [0.717, 1.165) is 39.3 Å². The number of aromatic amines is 1. The number of ether oxygens (including phenoxy) is 1. The van der Waals surface area contributed by atoms with Gasteiger partial charge >= 0.3 is 0 Å². The second-order valence-electron chi connectivity index (χ2n) is 8.68. The smallest absolute Gasteiger partial charge is 0.252 e. The molecule has 10 heteroatoms. The molecule has 0 saturated heterocycles. The zero-order valence-electron chi connectivity index (χ0n) is 20.0. The zero-order valence-corrected chi connectivity index (χ0v) is 21.6. The van der Waals surface area contributed by atoms with E-state index >= 15 is 0 Å². The standard InChI is InChI=1S/C26H24N4O4S2/c1-16-11-17(2)24-19(12-16)13-20(26(31)27-24)15-30(14-18-7-9-21(34-3)10-8-18)36(32,33)23-6-4-5-22-25(23)29-35-28-22/h4-13H,14-15H2,1-3H3,(H,27,31). The van der Waals surface area contributed by atoms with Gasteiger partial charge < -0.3 is 9.72 Å². The molecule has 2 aromatic heterocycles. The van der Waals surface area contributed by atoms with Gasteiger partial charge in [-0.05, 0) is 66.8 Å². The molecule has 1 N–H and O–H groups in total. The van der Waals surface area contributed by atoms with Gasteiger partial charge in [0.25, 0.3) is 5.56 Å². The van der Waals surface area contributed by atoms with Gasteiger partial charge in [0.05, 0.1) is 24.4 Å². The van der Waals surface area contributed by atoms with E-state index in [1.165, 1.54) is 10.4 Å². The maximum atomic E-state index is 14.0. The quantitative estimate of drug-likeness (QED) is 0.338. The Kier molecular flexibility index (Phi) is 6.33. The van der Waals surface area contributed by atoms with Crippen molar-refractivity contribution in [3.8, 4) is 5.75 Å². The molecule has 0 aliphatic carbocycles. The number of hydrogen-bond donors (Lipinski definition) is 1. The van der Waals surface area contributed by atoms with Crippen LogP contribution in [0.1, 0.15) is 22.3 Å². The lowest BCUT2D eigenvalue weighted by atomic mass is 10.1. The molecular weight excluding hydrogens is 496 g/mol. The maximum Gasteiger partial charge on any atom is 0.252 e. The van der Waals surface area contributed by atoms with E-state index < -0.39 is 10.0 Å². The monoisotopic (exact) mass is 520 g/mol. The van der Waals surface area contributed by atoms with Gasteiger partial charge in [-0.1, -0.05) is 29.8 Å². The molecule has 8 nitrogen and oxygen atoms in total. The molecule has 0 saturated carbocycles. The minimum absolute atomic E-state index is 0.0601. The number of benzene rings is 3. The van der Waals surface area contributed by atoms with Crippen LogP contribution in [-0.2, 0) is 23.1 Å². The average molecular weight is 521 g/mol. The van der Waals surface area contributed by atoms with Crippen LogP contribution in [0.5, 0.6) is 5.75 Å². The van der Waals surface area contributed by atoms with Crippen molar-refractivity contribution < 1.29 is 13.2 Å². The average Bonchev–Trinajstić information content (AvgIpc) is 3.34. The van der Waals surface area contributed by atoms with E-state index in [4.69, 9.17) is 4.74 Å². The number of H-pyrrole nitrogens is 1. The molecule has 3 aromatic carbocycles. The number of nitrogens with one attached hydrogen (secondary N) is 1. The highest BCUT2D eigenvalue weighted by atomic mass is 32.2. The lowest BCUT2D eigenvalue weighted by Gasteiger charge is -2.23. The van der Waals surface area contributed by atoms with Crippen LogP contribution in [0.2, 0.25) is 0 Å². The molecule has 184 valence electrons. The molecule has 36 heavy (non-hydrogen) atoms. The highest BCUT2D eigenvalue weighted by Gasteiger charge is 2.29. The fourth-order valence-electron chi connectivity index (χ4n) is 4.33. The minimum atomic E-state index is -4.04. The fraction of sp³-hybridized carbons (Fsp3) is 0.192. The molecular formula is C26H24N4O4S2. The highest BCUT2D eigenvalue weighted by Crippen LogP contribution is 2.28. The SMILES string of the molecule is COc1ccc(CN(Cc2cc3cc(C)cc(C)c3[nH]c2=O)S(=O)(=O)c2cccc3nsnc23)cc1. The first-order chi connectivity index (χ1) is 17.3. The molecule has 5 rings (SSSR count). The summed E-state index contributed by atoms with van der Waals surface area (Å²) in [5, 5.41) is 0.856. The van der Waals surface area contributed by atoms with Gasteiger partial charge in [-0.3, -0.25) is 4.79 Å². The highest BCUT2D eigenvalue weighted by molar-refractivity contribution is 7.89. The summed E-state index contributed by atoms with van der Waals surface area (Å²) in [6.07, 6.45) is 0. The summed E-state index contributed by atoms with van der Waals surface area (Å²) in [5.41, 5.74) is 4.39. The van der Waals surface area contributed by atoms with Crippen LogP contribution in [0.4, 0.5) is 0 Å². The normalized spacial score (nSPS) is 12.0. The van der Waals surface area contributed by atoms with Gasteiger partial charge in [-0.15, -0.1) is 0 Å². The number of pyridine rings is 1. The summed E-state index contributed by atoms with van der Waals surface area (Å²) >= 11 is 0.962. The number of aryl methyl sites for hydroxylation is 2. The van der Waals surface area contributed by atoms with Crippen LogP contribution in [-0.4, -0.2) is 33.6 Å². The molecule has 0 radical (unpaired) electrons. The summed E-state index contributed by atoms with van der Waals surface area (Å²) < 4.78 is 42.9. The van der Waals surface area contributed by atoms with Crippen LogP contribution in [0.3, 0.4) is 0 Å². The predicted molar refractivity (Wildman–Crippen MR) is 141 cm³/mol. The number of nitrogens with zero attached hydrogens (tertiary/aromatic N) is 3. The van der Waals surface area contributed by atoms with Crippen molar-refractivity contribution in [3.63, 3.8) is 0 Å². The van der Waals surface area contributed by atoms with Gasteiger partial charge in [0.2, 0.25) is 10.0 Å². The Bertz CT molecular complexity index is 1740. The first-order valence-electron chi connectivity index (χ1n) is 11.2.